The van der Waals surface area contributed by atoms with Crippen LogP contribution in [0.5, 0.6) is 5.75 Å². The van der Waals surface area contributed by atoms with Crippen molar-refractivity contribution in [3.63, 3.8) is 0 Å². The molecule has 0 saturated heterocycles. The predicted molar refractivity (Wildman–Crippen MR) is 88.9 cm³/mol. The van der Waals surface area contributed by atoms with Crippen LogP contribution >= 0.6 is 0 Å². The Morgan fingerprint density at radius 1 is 1.09 bits per heavy atom. The zero-order valence-corrected chi connectivity index (χ0v) is 13.5. The van der Waals surface area contributed by atoms with Gasteiger partial charge in [-0.15, -0.1) is 0 Å². The molecular weight excluding hydrogens is 288 g/mol. The van der Waals surface area contributed by atoms with Crippen molar-refractivity contribution in [1.29, 1.82) is 5.26 Å². The lowest BCUT2D eigenvalue weighted by atomic mass is 10.1. The number of likely N-dealkylation sites (N-methyl/N-ethyl adjacent to an activating group) is 1. The Hall–Kier alpha value is -2.80. The van der Waals surface area contributed by atoms with Crippen molar-refractivity contribution in [3.8, 4) is 11.8 Å². The van der Waals surface area contributed by atoms with Crippen molar-refractivity contribution in [3.05, 3.63) is 65.2 Å². The van der Waals surface area contributed by atoms with Crippen LogP contribution in [0, 0.1) is 11.3 Å². The lowest BCUT2D eigenvalue weighted by molar-refractivity contribution is -0.132. The second-order valence-electron chi connectivity index (χ2n) is 5.34. The minimum absolute atomic E-state index is 0.0184. The van der Waals surface area contributed by atoms with Gasteiger partial charge >= 0.3 is 0 Å². The summed E-state index contributed by atoms with van der Waals surface area (Å²) in [6.07, 6.45) is 1.01. The number of aryl methyl sites for hydroxylation is 1. The molecular formula is C19H20N2O2. The molecule has 23 heavy (non-hydrogen) atoms. The van der Waals surface area contributed by atoms with Gasteiger partial charge in [0.15, 0.2) is 6.61 Å². The van der Waals surface area contributed by atoms with E-state index in [1.807, 2.05) is 18.2 Å². The Bertz CT molecular complexity index is 685. The highest BCUT2D eigenvalue weighted by atomic mass is 16.5. The van der Waals surface area contributed by atoms with Crippen molar-refractivity contribution in [2.45, 2.75) is 19.9 Å². The maximum atomic E-state index is 12.1. The lowest BCUT2D eigenvalue weighted by Crippen LogP contribution is -2.30. The molecule has 2 rings (SSSR count). The molecule has 2 aromatic rings. The molecule has 0 bridgehead atoms. The number of hydrogen-bond acceptors (Lipinski definition) is 3. The van der Waals surface area contributed by atoms with Gasteiger partial charge in [0.25, 0.3) is 5.91 Å². The summed E-state index contributed by atoms with van der Waals surface area (Å²) in [5.41, 5.74) is 2.94. The van der Waals surface area contributed by atoms with E-state index in [4.69, 9.17) is 10.00 Å². The molecule has 0 saturated carbocycles. The normalized spacial score (nSPS) is 9.96. The molecule has 0 fully saturated rings. The molecule has 0 spiro atoms. The molecule has 1 amide bonds. The molecule has 0 heterocycles. The first-order valence-electron chi connectivity index (χ1n) is 7.57. The SMILES string of the molecule is CCc1ccc(CN(C)C(=O)COc2ccc(C#N)cc2)cc1. The largest absolute Gasteiger partial charge is 0.484 e. The zero-order valence-electron chi connectivity index (χ0n) is 13.5. The molecule has 0 aliphatic carbocycles. The summed E-state index contributed by atoms with van der Waals surface area (Å²) in [6, 6.07) is 17.0. The summed E-state index contributed by atoms with van der Waals surface area (Å²) < 4.78 is 5.46. The van der Waals surface area contributed by atoms with Crippen LogP contribution in [0.2, 0.25) is 0 Å². The van der Waals surface area contributed by atoms with E-state index in [1.54, 1.807) is 36.2 Å². The number of ether oxygens (including phenoxy) is 1. The number of nitriles is 1. The van der Waals surface area contributed by atoms with Gasteiger partial charge in [-0.2, -0.15) is 5.26 Å². The first kappa shape index (κ1) is 16.6. The molecule has 2 aromatic carbocycles. The summed E-state index contributed by atoms with van der Waals surface area (Å²) >= 11 is 0. The number of benzene rings is 2. The fourth-order valence-electron chi connectivity index (χ4n) is 2.12. The fraction of sp³-hybridized carbons (Fsp3) is 0.263. The lowest BCUT2D eigenvalue weighted by Gasteiger charge is -2.17. The Morgan fingerprint density at radius 2 is 1.70 bits per heavy atom. The van der Waals surface area contributed by atoms with E-state index in [1.165, 1.54) is 5.56 Å². The molecule has 4 heteroatoms. The topological polar surface area (TPSA) is 53.3 Å². The third-order valence-electron chi connectivity index (χ3n) is 3.62. The van der Waals surface area contributed by atoms with E-state index < -0.39 is 0 Å². The van der Waals surface area contributed by atoms with Gasteiger partial charge in [-0.05, 0) is 41.8 Å². The van der Waals surface area contributed by atoms with Gasteiger partial charge in [0.1, 0.15) is 5.75 Å². The first-order chi connectivity index (χ1) is 11.1. The highest BCUT2D eigenvalue weighted by molar-refractivity contribution is 5.77. The van der Waals surface area contributed by atoms with Crippen LogP contribution in [0.1, 0.15) is 23.6 Å². The fourth-order valence-corrected chi connectivity index (χ4v) is 2.12. The zero-order chi connectivity index (χ0) is 16.7. The molecule has 118 valence electrons. The van der Waals surface area contributed by atoms with E-state index in [9.17, 15) is 4.79 Å². The Labute approximate surface area is 136 Å². The minimum Gasteiger partial charge on any atom is -0.484 e. The number of nitrogens with zero attached hydrogens (tertiary/aromatic N) is 2. The van der Waals surface area contributed by atoms with Gasteiger partial charge in [0.2, 0.25) is 0 Å². The molecule has 4 nitrogen and oxygen atoms in total. The second-order valence-corrected chi connectivity index (χ2v) is 5.34. The van der Waals surface area contributed by atoms with Crippen LogP contribution in [0.4, 0.5) is 0 Å². The summed E-state index contributed by atoms with van der Waals surface area (Å²) in [5, 5.41) is 8.74. The van der Waals surface area contributed by atoms with Gasteiger partial charge in [-0.3, -0.25) is 4.79 Å². The Morgan fingerprint density at radius 3 is 2.26 bits per heavy atom. The Balaban J connectivity index is 1.85. The van der Waals surface area contributed by atoms with Crippen molar-refractivity contribution in [2.75, 3.05) is 13.7 Å². The van der Waals surface area contributed by atoms with E-state index in [2.05, 4.69) is 19.1 Å². The van der Waals surface area contributed by atoms with E-state index >= 15 is 0 Å². The van der Waals surface area contributed by atoms with Gasteiger partial charge in [0.05, 0.1) is 11.6 Å². The summed E-state index contributed by atoms with van der Waals surface area (Å²) in [7, 11) is 1.76. The Kier molecular flexibility index (Phi) is 5.76. The van der Waals surface area contributed by atoms with Gasteiger partial charge in [0, 0.05) is 13.6 Å². The number of amides is 1. The molecule has 0 aliphatic heterocycles. The number of hydrogen-bond donors (Lipinski definition) is 0. The number of rotatable bonds is 6. The predicted octanol–water partition coefficient (Wildman–Crippen LogP) is 3.16. The maximum Gasteiger partial charge on any atom is 0.260 e. The smallest absolute Gasteiger partial charge is 0.260 e. The maximum absolute atomic E-state index is 12.1. The molecule has 0 atom stereocenters. The molecule has 0 aromatic heterocycles. The van der Waals surface area contributed by atoms with Crippen molar-refractivity contribution in [2.24, 2.45) is 0 Å². The monoisotopic (exact) mass is 308 g/mol. The van der Waals surface area contributed by atoms with Crippen LogP contribution in [-0.4, -0.2) is 24.5 Å². The van der Waals surface area contributed by atoms with Crippen LogP contribution < -0.4 is 4.74 Å². The molecule has 0 unspecified atom stereocenters. The van der Waals surface area contributed by atoms with Crippen LogP contribution in [-0.2, 0) is 17.8 Å². The third-order valence-corrected chi connectivity index (χ3v) is 3.62. The standard InChI is InChI=1S/C19H20N2O2/c1-3-15-4-6-17(7-5-15)13-21(2)19(22)14-23-18-10-8-16(12-20)9-11-18/h4-11H,3,13-14H2,1-2H3. The summed E-state index contributed by atoms with van der Waals surface area (Å²) in [4.78, 5) is 13.8. The number of carbonyl (C=O) groups is 1. The van der Waals surface area contributed by atoms with Gasteiger partial charge in [-0.25, -0.2) is 0 Å². The highest BCUT2D eigenvalue weighted by Crippen LogP contribution is 2.12. The number of carbonyl (C=O) groups excluding carboxylic acids is 1. The van der Waals surface area contributed by atoms with Gasteiger partial charge in [-0.1, -0.05) is 31.2 Å². The van der Waals surface area contributed by atoms with Crippen LogP contribution in [0.15, 0.2) is 48.5 Å². The van der Waals surface area contributed by atoms with Crippen LogP contribution in [0.25, 0.3) is 0 Å². The molecule has 0 N–H and O–H groups in total. The molecule has 0 aliphatic rings. The molecule has 0 radical (unpaired) electrons. The second kappa shape index (κ2) is 8.00. The first-order valence-corrected chi connectivity index (χ1v) is 7.57. The van der Waals surface area contributed by atoms with E-state index in [-0.39, 0.29) is 12.5 Å². The summed E-state index contributed by atoms with van der Waals surface area (Å²) in [6.45, 7) is 2.65. The quantitative estimate of drug-likeness (QED) is 0.823. The summed E-state index contributed by atoms with van der Waals surface area (Å²) in [5.74, 6) is 0.493. The average molecular weight is 308 g/mol. The highest BCUT2D eigenvalue weighted by Gasteiger charge is 2.10. The van der Waals surface area contributed by atoms with E-state index in [0.29, 0.717) is 17.9 Å². The van der Waals surface area contributed by atoms with Crippen molar-refractivity contribution < 1.29 is 9.53 Å². The van der Waals surface area contributed by atoms with Gasteiger partial charge < -0.3 is 9.64 Å². The van der Waals surface area contributed by atoms with Crippen molar-refractivity contribution >= 4 is 5.91 Å². The third kappa shape index (κ3) is 4.86. The van der Waals surface area contributed by atoms with E-state index in [0.717, 1.165) is 12.0 Å². The van der Waals surface area contributed by atoms with Crippen molar-refractivity contribution in [1.82, 2.24) is 4.90 Å². The minimum atomic E-state index is -0.0890. The average Bonchev–Trinajstić information content (AvgIpc) is 2.60. The van der Waals surface area contributed by atoms with Crippen LogP contribution in [0.3, 0.4) is 0 Å².